The number of carboxylic acids is 1. The number of carbonyl (C=O) groups is 3. The summed E-state index contributed by atoms with van der Waals surface area (Å²) in [5.41, 5.74) is -2.83. The summed E-state index contributed by atoms with van der Waals surface area (Å²) < 4.78 is 21.9. The third-order valence-corrected chi connectivity index (χ3v) is 9.85. The van der Waals surface area contributed by atoms with Crippen LogP contribution in [0.25, 0.3) is 0 Å². The molecule has 1 saturated heterocycles. The molecule has 1 spiro atoms. The lowest BCUT2D eigenvalue weighted by atomic mass is 9.44. The van der Waals surface area contributed by atoms with E-state index in [1.54, 1.807) is 6.08 Å². The Labute approximate surface area is 180 Å². The number of ether oxygens (including phenoxy) is 1. The third-order valence-electron chi connectivity index (χ3n) is 9.85. The monoisotopic (exact) mass is 432 g/mol. The molecule has 4 aliphatic carbocycles. The van der Waals surface area contributed by atoms with Crippen molar-refractivity contribution in [1.29, 1.82) is 0 Å². The van der Waals surface area contributed by atoms with Crippen LogP contribution in [0.5, 0.6) is 0 Å². The van der Waals surface area contributed by atoms with E-state index in [4.69, 9.17) is 4.74 Å². The number of carboxylic acid groups (broad SMARTS) is 1. The van der Waals surface area contributed by atoms with Gasteiger partial charge in [-0.2, -0.15) is 0 Å². The van der Waals surface area contributed by atoms with Crippen LogP contribution in [-0.4, -0.2) is 52.2 Å². The van der Waals surface area contributed by atoms with Crippen molar-refractivity contribution in [2.75, 3.05) is 6.61 Å². The van der Waals surface area contributed by atoms with Crippen LogP contribution in [0.15, 0.2) is 23.8 Å². The van der Waals surface area contributed by atoms with Gasteiger partial charge in [0.15, 0.2) is 11.6 Å². The number of hydrogen-bond acceptors (Lipinski definition) is 5. The molecular formula is C24H29FO6. The van der Waals surface area contributed by atoms with Gasteiger partial charge in [-0.15, -0.1) is 0 Å². The SMILES string of the molecule is CC1C[C@H]2[C@@H]3CC(F)C4=CC(=O)C=C[C@]4(C)[C@]34OC4C[C@]2(C)[C@@]1(CC(=O)O)C(=O)CO. The first kappa shape index (κ1) is 21.0. The predicted octanol–water partition coefficient (Wildman–Crippen LogP) is 2.64. The molecule has 0 aromatic carbocycles. The molecule has 5 rings (SSSR count). The molecule has 7 heteroatoms. The maximum absolute atomic E-state index is 15.5. The molecule has 0 bridgehead atoms. The van der Waals surface area contributed by atoms with Gasteiger partial charge < -0.3 is 14.9 Å². The Balaban J connectivity index is 1.64. The molecule has 1 heterocycles. The van der Waals surface area contributed by atoms with Gasteiger partial charge in [-0.3, -0.25) is 14.4 Å². The van der Waals surface area contributed by atoms with E-state index in [0.717, 1.165) is 0 Å². The topological polar surface area (TPSA) is 104 Å². The Hall–Kier alpha value is -1.86. The largest absolute Gasteiger partial charge is 0.481 e. The van der Waals surface area contributed by atoms with E-state index in [9.17, 15) is 24.6 Å². The highest BCUT2D eigenvalue weighted by molar-refractivity contribution is 6.01. The van der Waals surface area contributed by atoms with Crippen molar-refractivity contribution in [3.63, 3.8) is 0 Å². The Morgan fingerprint density at radius 1 is 1.26 bits per heavy atom. The third kappa shape index (κ3) is 2.22. The van der Waals surface area contributed by atoms with Gasteiger partial charge in [-0.25, -0.2) is 4.39 Å². The molecule has 5 aliphatic rings. The summed E-state index contributed by atoms with van der Waals surface area (Å²) in [6.07, 6.45) is 4.06. The van der Waals surface area contributed by atoms with Crippen LogP contribution in [-0.2, 0) is 19.1 Å². The van der Waals surface area contributed by atoms with Crippen LogP contribution in [0, 0.1) is 34.0 Å². The van der Waals surface area contributed by atoms with Crippen molar-refractivity contribution >= 4 is 17.5 Å². The number of aliphatic hydroxyl groups excluding tert-OH is 1. The molecule has 3 saturated carbocycles. The summed E-state index contributed by atoms with van der Waals surface area (Å²) in [6, 6.07) is 0. The molecule has 0 amide bonds. The van der Waals surface area contributed by atoms with Gasteiger partial charge in [-0.05, 0) is 67.1 Å². The van der Waals surface area contributed by atoms with Crippen LogP contribution < -0.4 is 0 Å². The second kappa shape index (κ2) is 6.13. The minimum atomic E-state index is -1.29. The van der Waals surface area contributed by atoms with Gasteiger partial charge in [0.2, 0.25) is 0 Å². The average molecular weight is 432 g/mol. The van der Waals surface area contributed by atoms with Crippen LogP contribution in [0.1, 0.15) is 46.5 Å². The standard InChI is InChI=1S/C24H29FO6/c1-12-6-14-15-8-17(25)16-7-13(27)4-5-21(16,2)24(15)19(31-24)9-22(14,3)23(12,10-20(29)30)18(28)11-26/h4-5,7,12,14-15,17,19,26H,6,8-11H2,1-3H3,(H,29,30)/t12?,14-,15-,17?,19?,21-,22-,23+,24-/m0/s1. The number of rotatable bonds is 4. The number of fused-ring (bicyclic) bond motifs is 3. The Bertz CT molecular complexity index is 956. The number of aliphatic carboxylic acids is 1. The Kier molecular flexibility index (Phi) is 4.16. The lowest BCUT2D eigenvalue weighted by Crippen LogP contribution is -2.61. The number of hydrogen-bond donors (Lipinski definition) is 2. The van der Waals surface area contributed by atoms with Crippen LogP contribution in [0.3, 0.4) is 0 Å². The highest BCUT2D eigenvalue weighted by Gasteiger charge is 2.82. The molecule has 4 fully saturated rings. The van der Waals surface area contributed by atoms with Crippen molar-refractivity contribution in [1.82, 2.24) is 0 Å². The van der Waals surface area contributed by atoms with Crippen molar-refractivity contribution in [3.8, 4) is 0 Å². The van der Waals surface area contributed by atoms with E-state index in [1.807, 2.05) is 20.8 Å². The fourth-order valence-corrected chi connectivity index (χ4v) is 8.53. The summed E-state index contributed by atoms with van der Waals surface area (Å²) in [4.78, 5) is 37.0. The highest BCUT2D eigenvalue weighted by atomic mass is 19.1. The Morgan fingerprint density at radius 3 is 2.61 bits per heavy atom. The lowest BCUT2D eigenvalue weighted by Gasteiger charge is -2.57. The quantitative estimate of drug-likeness (QED) is 0.662. The molecule has 6 nitrogen and oxygen atoms in total. The minimum absolute atomic E-state index is 0.112. The van der Waals surface area contributed by atoms with E-state index in [0.29, 0.717) is 18.4 Å². The maximum atomic E-state index is 15.5. The molecule has 1 aliphatic heterocycles. The van der Waals surface area contributed by atoms with Gasteiger partial charge in [0, 0.05) is 5.41 Å². The minimum Gasteiger partial charge on any atom is -0.481 e. The van der Waals surface area contributed by atoms with E-state index in [-0.39, 0.29) is 42.5 Å². The van der Waals surface area contributed by atoms with Crippen LogP contribution in [0.2, 0.25) is 0 Å². The Morgan fingerprint density at radius 2 is 1.97 bits per heavy atom. The number of carbonyl (C=O) groups excluding carboxylic acids is 2. The maximum Gasteiger partial charge on any atom is 0.304 e. The summed E-state index contributed by atoms with van der Waals surface area (Å²) in [5.74, 6) is -2.29. The van der Waals surface area contributed by atoms with Gasteiger partial charge in [0.05, 0.1) is 17.9 Å². The summed E-state index contributed by atoms with van der Waals surface area (Å²) in [6.45, 7) is 5.07. The van der Waals surface area contributed by atoms with Crippen LogP contribution >= 0.6 is 0 Å². The average Bonchev–Trinajstić information content (AvgIpc) is 3.38. The molecule has 168 valence electrons. The number of ketones is 2. The first-order valence-corrected chi connectivity index (χ1v) is 11.1. The number of halogens is 1. The zero-order valence-electron chi connectivity index (χ0n) is 18.1. The number of allylic oxidation sites excluding steroid dienone is 2. The number of Topliss-reactive ketones (excluding diaryl/α,β-unsaturated/α-hetero) is 1. The van der Waals surface area contributed by atoms with Crippen molar-refractivity contribution in [2.45, 2.75) is 64.3 Å². The van der Waals surface area contributed by atoms with Gasteiger partial charge >= 0.3 is 5.97 Å². The fraction of sp³-hybridized carbons (Fsp3) is 0.708. The van der Waals surface area contributed by atoms with Gasteiger partial charge in [0.1, 0.15) is 18.4 Å². The zero-order valence-corrected chi connectivity index (χ0v) is 18.1. The fourth-order valence-electron chi connectivity index (χ4n) is 8.53. The van der Waals surface area contributed by atoms with Gasteiger partial charge in [0.25, 0.3) is 0 Å². The van der Waals surface area contributed by atoms with Crippen molar-refractivity contribution < 1.29 is 33.7 Å². The molecule has 0 aromatic rings. The second-order valence-electron chi connectivity index (χ2n) is 10.7. The van der Waals surface area contributed by atoms with E-state index >= 15 is 4.39 Å². The number of alkyl halides is 1. The first-order valence-electron chi connectivity index (χ1n) is 11.1. The zero-order chi connectivity index (χ0) is 22.6. The second-order valence-corrected chi connectivity index (χ2v) is 10.7. The molecule has 3 unspecified atom stereocenters. The highest BCUT2D eigenvalue weighted by Crippen LogP contribution is 2.78. The van der Waals surface area contributed by atoms with E-state index in [1.165, 1.54) is 12.2 Å². The molecule has 0 radical (unpaired) electrons. The molecule has 2 N–H and O–H groups in total. The lowest BCUT2D eigenvalue weighted by molar-refractivity contribution is -0.158. The molecule has 9 atom stereocenters. The smallest absolute Gasteiger partial charge is 0.304 e. The van der Waals surface area contributed by atoms with Crippen molar-refractivity contribution in [2.24, 2.45) is 34.0 Å². The number of epoxide rings is 1. The molecule has 31 heavy (non-hydrogen) atoms. The van der Waals surface area contributed by atoms with Crippen LogP contribution in [0.4, 0.5) is 4.39 Å². The normalized spacial score (nSPS) is 51.8. The summed E-state index contributed by atoms with van der Waals surface area (Å²) >= 11 is 0. The molecule has 0 aromatic heterocycles. The van der Waals surface area contributed by atoms with Crippen molar-refractivity contribution in [3.05, 3.63) is 23.8 Å². The predicted molar refractivity (Wildman–Crippen MR) is 108 cm³/mol. The summed E-state index contributed by atoms with van der Waals surface area (Å²) in [7, 11) is 0. The number of aliphatic hydroxyl groups is 1. The summed E-state index contributed by atoms with van der Waals surface area (Å²) in [5, 5.41) is 19.5. The van der Waals surface area contributed by atoms with Gasteiger partial charge in [-0.1, -0.05) is 19.9 Å². The molecular weight excluding hydrogens is 403 g/mol. The van der Waals surface area contributed by atoms with E-state index < -0.39 is 46.4 Å². The first-order chi connectivity index (χ1) is 14.5. The van der Waals surface area contributed by atoms with E-state index in [2.05, 4.69) is 0 Å².